The largest absolute Gasteiger partial charge is 0.508 e. The monoisotopic (exact) mass is 439 g/mol. The van der Waals surface area contributed by atoms with Gasteiger partial charge in [-0.1, -0.05) is 0 Å². The van der Waals surface area contributed by atoms with E-state index >= 15 is 0 Å². The number of aryl methyl sites for hydroxylation is 1. The predicted octanol–water partition coefficient (Wildman–Crippen LogP) is 4.72. The fourth-order valence-electron chi connectivity index (χ4n) is 4.12. The molecule has 0 amide bonds. The molecule has 33 heavy (non-hydrogen) atoms. The summed E-state index contributed by atoms with van der Waals surface area (Å²) in [6.45, 7) is 1.94. The van der Waals surface area contributed by atoms with E-state index in [4.69, 9.17) is 0 Å². The molecule has 6 aromatic rings. The van der Waals surface area contributed by atoms with Crippen LogP contribution in [-0.2, 0) is 7.05 Å². The first-order valence-electron chi connectivity index (χ1n) is 10.3. The number of aromatic amines is 2. The third-order valence-electron chi connectivity index (χ3n) is 5.89. The van der Waals surface area contributed by atoms with Gasteiger partial charge in [-0.3, -0.25) is 15.1 Å². The van der Waals surface area contributed by atoms with Gasteiger partial charge in [0.15, 0.2) is 0 Å². The van der Waals surface area contributed by atoms with Crippen molar-refractivity contribution in [3.05, 3.63) is 66.6 Å². The fraction of sp³-hybridized carbons (Fsp3) is 0.0833. The molecule has 5 aromatic heterocycles. The molecule has 5 heterocycles. The number of aromatic nitrogens is 7. The van der Waals surface area contributed by atoms with Crippen LogP contribution < -0.4 is 0 Å². The number of H-pyrrole nitrogens is 2. The average Bonchev–Trinajstić information content (AvgIpc) is 3.49. The van der Waals surface area contributed by atoms with Crippen molar-refractivity contribution >= 4 is 21.8 Å². The maximum Gasteiger partial charge on any atom is 0.127 e. The quantitative estimate of drug-likeness (QED) is 0.370. The Hall–Kier alpha value is -4.53. The molecule has 6 rings (SSSR count). The van der Waals surface area contributed by atoms with Crippen LogP contribution >= 0.6 is 0 Å². The summed E-state index contributed by atoms with van der Waals surface area (Å²) in [5.41, 5.74) is 5.91. The van der Waals surface area contributed by atoms with Crippen LogP contribution in [0.15, 0.2) is 55.0 Å². The minimum absolute atomic E-state index is 0.150. The Bertz CT molecular complexity index is 1660. The number of pyridine rings is 2. The molecule has 0 spiro atoms. The summed E-state index contributed by atoms with van der Waals surface area (Å²) in [5, 5.41) is 19.1. The van der Waals surface area contributed by atoms with Crippen molar-refractivity contribution in [2.75, 3.05) is 0 Å². The fourth-order valence-corrected chi connectivity index (χ4v) is 4.12. The second-order valence-corrected chi connectivity index (χ2v) is 7.94. The van der Waals surface area contributed by atoms with Gasteiger partial charge in [0, 0.05) is 41.2 Å². The average molecular weight is 439 g/mol. The van der Waals surface area contributed by atoms with Crippen LogP contribution in [0.3, 0.4) is 0 Å². The molecule has 0 aliphatic rings. The van der Waals surface area contributed by atoms with Gasteiger partial charge in [0.05, 0.1) is 40.7 Å². The lowest BCUT2D eigenvalue weighted by atomic mass is 10.1. The van der Waals surface area contributed by atoms with Crippen molar-refractivity contribution in [3.8, 4) is 39.8 Å². The summed E-state index contributed by atoms with van der Waals surface area (Å²) < 4.78 is 15.9. The molecule has 1 aromatic carbocycles. The number of phenolic OH excluding ortho intramolecular Hbond substituents is 1. The number of halogens is 1. The van der Waals surface area contributed by atoms with E-state index in [0.717, 1.165) is 56.5 Å². The highest BCUT2D eigenvalue weighted by Gasteiger charge is 2.17. The van der Waals surface area contributed by atoms with Gasteiger partial charge in [0.2, 0.25) is 0 Å². The zero-order chi connectivity index (χ0) is 22.7. The number of hydrogen-bond acceptors (Lipinski definition) is 5. The Morgan fingerprint density at radius 2 is 1.79 bits per heavy atom. The minimum Gasteiger partial charge on any atom is -0.508 e. The molecule has 162 valence electrons. The van der Waals surface area contributed by atoms with Gasteiger partial charge in [0.25, 0.3) is 0 Å². The Balaban J connectivity index is 1.52. The highest BCUT2D eigenvalue weighted by atomic mass is 19.1. The van der Waals surface area contributed by atoms with Crippen LogP contribution in [0, 0.1) is 12.7 Å². The van der Waals surface area contributed by atoms with Crippen molar-refractivity contribution in [2.45, 2.75) is 6.92 Å². The predicted molar refractivity (Wildman–Crippen MR) is 123 cm³/mol. The van der Waals surface area contributed by atoms with E-state index in [1.165, 1.54) is 12.1 Å². The number of aromatic hydroxyl groups is 1. The van der Waals surface area contributed by atoms with Crippen molar-refractivity contribution < 1.29 is 9.50 Å². The number of imidazole rings is 1. The van der Waals surface area contributed by atoms with Crippen molar-refractivity contribution in [2.24, 2.45) is 7.05 Å². The highest BCUT2D eigenvalue weighted by molar-refractivity contribution is 6.00. The Morgan fingerprint density at radius 1 is 0.939 bits per heavy atom. The molecule has 0 unspecified atom stereocenters. The lowest BCUT2D eigenvalue weighted by molar-refractivity contribution is 0.469. The Labute approximate surface area is 186 Å². The van der Waals surface area contributed by atoms with Crippen molar-refractivity contribution in [1.29, 1.82) is 0 Å². The molecule has 0 bridgehead atoms. The van der Waals surface area contributed by atoms with E-state index in [9.17, 15) is 9.50 Å². The van der Waals surface area contributed by atoms with Crippen molar-refractivity contribution in [1.82, 2.24) is 34.7 Å². The van der Waals surface area contributed by atoms with E-state index < -0.39 is 5.82 Å². The van der Waals surface area contributed by atoms with Crippen LogP contribution in [0.2, 0.25) is 0 Å². The number of benzene rings is 1. The summed E-state index contributed by atoms with van der Waals surface area (Å²) in [6, 6.07) is 9.68. The molecule has 0 fully saturated rings. The first kappa shape index (κ1) is 19.2. The van der Waals surface area contributed by atoms with E-state index in [0.29, 0.717) is 11.3 Å². The number of nitrogens with zero attached hydrogens (tertiary/aromatic N) is 5. The Kier molecular flexibility index (Phi) is 4.06. The molecule has 0 saturated carbocycles. The van der Waals surface area contributed by atoms with Crippen molar-refractivity contribution in [3.63, 3.8) is 0 Å². The Morgan fingerprint density at radius 3 is 2.58 bits per heavy atom. The van der Waals surface area contributed by atoms with Gasteiger partial charge in [-0.05, 0) is 37.3 Å². The third-order valence-corrected chi connectivity index (χ3v) is 5.89. The number of nitrogens with one attached hydrogen (secondary N) is 2. The topological polar surface area (TPSA) is 108 Å². The van der Waals surface area contributed by atoms with Crippen LogP contribution in [0.4, 0.5) is 4.39 Å². The van der Waals surface area contributed by atoms with Crippen LogP contribution in [0.25, 0.3) is 55.8 Å². The van der Waals surface area contributed by atoms with E-state index in [-0.39, 0.29) is 5.75 Å². The summed E-state index contributed by atoms with van der Waals surface area (Å²) in [5.74, 6) is 0.227. The second kappa shape index (κ2) is 6.99. The summed E-state index contributed by atoms with van der Waals surface area (Å²) in [7, 11) is 1.95. The second-order valence-electron chi connectivity index (χ2n) is 7.94. The first-order chi connectivity index (χ1) is 16.0. The normalized spacial score (nSPS) is 11.6. The number of rotatable bonds is 3. The molecule has 0 radical (unpaired) electrons. The molecule has 9 heteroatoms. The molecule has 0 aliphatic heterocycles. The summed E-state index contributed by atoms with van der Waals surface area (Å²) >= 11 is 0. The third kappa shape index (κ3) is 3.05. The number of phenols is 1. The van der Waals surface area contributed by atoms with Gasteiger partial charge in [-0.2, -0.15) is 5.10 Å². The van der Waals surface area contributed by atoms with Crippen LogP contribution in [-0.4, -0.2) is 39.8 Å². The van der Waals surface area contributed by atoms with E-state index in [2.05, 4.69) is 30.1 Å². The smallest absolute Gasteiger partial charge is 0.127 e. The van der Waals surface area contributed by atoms with E-state index in [1.54, 1.807) is 18.6 Å². The summed E-state index contributed by atoms with van der Waals surface area (Å²) in [4.78, 5) is 16.7. The number of fused-ring (bicyclic) bond motifs is 2. The van der Waals surface area contributed by atoms with Gasteiger partial charge in [-0.25, -0.2) is 9.37 Å². The number of hydrogen-bond donors (Lipinski definition) is 3. The molecule has 8 nitrogen and oxygen atoms in total. The molecular weight excluding hydrogens is 421 g/mol. The lowest BCUT2D eigenvalue weighted by Gasteiger charge is -2.03. The molecule has 0 atom stereocenters. The molecule has 0 aliphatic carbocycles. The van der Waals surface area contributed by atoms with Crippen LogP contribution in [0.5, 0.6) is 5.75 Å². The van der Waals surface area contributed by atoms with Gasteiger partial charge in [0.1, 0.15) is 23.1 Å². The zero-order valence-corrected chi connectivity index (χ0v) is 17.8. The first-order valence-corrected chi connectivity index (χ1v) is 10.3. The molecule has 0 saturated heterocycles. The lowest BCUT2D eigenvalue weighted by Crippen LogP contribution is -1.95. The standard InChI is InChI=1S/C24H18FN7O/c1-12-27-11-22(32(12)2)19-8-17-21(10-28-19)30-31-24(17)20-9-16-18(29-20)3-4-26-23(16)13-5-14(25)7-15(33)6-13/h3-11,29,33H,1-2H3,(H,30,31). The minimum atomic E-state index is -0.525. The maximum atomic E-state index is 13.9. The maximum absolute atomic E-state index is 13.9. The van der Waals surface area contributed by atoms with E-state index in [1.807, 2.05) is 36.7 Å². The summed E-state index contributed by atoms with van der Waals surface area (Å²) in [6.07, 6.45) is 5.21. The highest BCUT2D eigenvalue weighted by Crippen LogP contribution is 2.34. The SMILES string of the molecule is Cc1ncc(-c2cc3c(-c4cc5c(-c6cc(O)cc(F)c6)nccc5[nH]4)n[nH]c3cn2)n1C. The van der Waals surface area contributed by atoms with Gasteiger partial charge in [-0.15, -0.1) is 0 Å². The van der Waals surface area contributed by atoms with Crippen LogP contribution in [0.1, 0.15) is 5.82 Å². The molecule has 3 N–H and O–H groups in total. The van der Waals surface area contributed by atoms with Gasteiger partial charge >= 0.3 is 0 Å². The zero-order valence-electron chi connectivity index (χ0n) is 17.8. The van der Waals surface area contributed by atoms with Gasteiger partial charge < -0.3 is 14.7 Å². The molecular formula is C24H18FN7O.